The topological polar surface area (TPSA) is 40.6 Å². The van der Waals surface area contributed by atoms with Gasteiger partial charge in [-0.25, -0.2) is 8.42 Å². The van der Waals surface area contributed by atoms with E-state index in [4.69, 9.17) is 0 Å². The van der Waals surface area contributed by atoms with Crippen molar-refractivity contribution in [2.75, 3.05) is 45.0 Å². The summed E-state index contributed by atoms with van der Waals surface area (Å²) in [5.41, 5.74) is 0. The molecule has 2 aliphatic heterocycles. The molecule has 0 N–H and O–H groups in total. The molecule has 0 saturated carbocycles. The highest BCUT2D eigenvalue weighted by Gasteiger charge is 2.28. The van der Waals surface area contributed by atoms with E-state index < -0.39 is 9.84 Å². The fraction of sp³-hybridized carbons (Fsp3) is 1.00. The van der Waals surface area contributed by atoms with Crippen molar-refractivity contribution in [1.29, 1.82) is 0 Å². The molecule has 0 aromatic heterocycles. The minimum atomic E-state index is -2.82. The van der Waals surface area contributed by atoms with Crippen LogP contribution in [0.1, 0.15) is 39.0 Å². The van der Waals surface area contributed by atoms with Crippen molar-refractivity contribution in [2.45, 2.75) is 44.3 Å². The number of rotatable bonds is 5. The molecule has 4 nitrogen and oxygen atoms in total. The molecule has 2 fully saturated rings. The van der Waals surface area contributed by atoms with Gasteiger partial charge < -0.3 is 9.80 Å². The van der Waals surface area contributed by atoms with Gasteiger partial charge in [0.1, 0.15) is 0 Å². The van der Waals surface area contributed by atoms with Crippen LogP contribution in [0.5, 0.6) is 0 Å². The summed E-state index contributed by atoms with van der Waals surface area (Å²) < 4.78 is 23.7. The highest BCUT2D eigenvalue weighted by molar-refractivity contribution is 7.92. The Kier molecular flexibility index (Phi) is 5.66. The van der Waals surface area contributed by atoms with Crippen LogP contribution in [-0.4, -0.2) is 68.5 Å². The summed E-state index contributed by atoms with van der Waals surface area (Å²) in [5.74, 6) is 0.297. The SMILES string of the molecule is CCS(=O)(=O)C1CCN(CCN2CCCCC2)CC1. The van der Waals surface area contributed by atoms with Gasteiger partial charge in [0.05, 0.1) is 5.25 Å². The molecule has 0 aromatic rings. The second-order valence-electron chi connectivity index (χ2n) is 5.89. The van der Waals surface area contributed by atoms with Crippen LogP contribution >= 0.6 is 0 Å². The summed E-state index contributed by atoms with van der Waals surface area (Å²) in [5, 5.41) is -0.0799. The highest BCUT2D eigenvalue weighted by Crippen LogP contribution is 2.18. The van der Waals surface area contributed by atoms with Crippen molar-refractivity contribution >= 4 is 9.84 Å². The zero-order chi connectivity index (χ0) is 13.7. The van der Waals surface area contributed by atoms with Gasteiger partial charge in [-0.05, 0) is 51.9 Å². The maximum absolute atomic E-state index is 11.8. The number of piperidine rings is 2. The van der Waals surface area contributed by atoms with Crippen LogP contribution in [-0.2, 0) is 9.84 Å². The first-order valence-corrected chi connectivity index (χ1v) is 9.49. The van der Waals surface area contributed by atoms with Gasteiger partial charge in [-0.2, -0.15) is 0 Å². The lowest BCUT2D eigenvalue weighted by Crippen LogP contribution is -2.43. The van der Waals surface area contributed by atoms with Crippen molar-refractivity contribution in [3.63, 3.8) is 0 Å². The van der Waals surface area contributed by atoms with E-state index in [2.05, 4.69) is 9.80 Å². The Bertz CT molecular complexity index is 356. The summed E-state index contributed by atoms with van der Waals surface area (Å²) in [7, 11) is -2.82. The summed E-state index contributed by atoms with van der Waals surface area (Å²) >= 11 is 0. The van der Waals surface area contributed by atoms with E-state index in [9.17, 15) is 8.42 Å². The van der Waals surface area contributed by atoms with Crippen molar-refractivity contribution in [3.8, 4) is 0 Å². The number of nitrogens with zero attached hydrogens (tertiary/aromatic N) is 2. The molecule has 0 aromatic carbocycles. The van der Waals surface area contributed by atoms with Crippen LogP contribution in [0.15, 0.2) is 0 Å². The Hall–Kier alpha value is -0.130. The Morgan fingerprint density at radius 2 is 1.42 bits per heavy atom. The number of hydrogen-bond acceptors (Lipinski definition) is 4. The predicted octanol–water partition coefficient (Wildman–Crippen LogP) is 1.37. The van der Waals surface area contributed by atoms with Gasteiger partial charge in [0.15, 0.2) is 9.84 Å². The van der Waals surface area contributed by atoms with E-state index in [1.54, 1.807) is 6.92 Å². The maximum atomic E-state index is 11.8. The van der Waals surface area contributed by atoms with Gasteiger partial charge in [0.2, 0.25) is 0 Å². The molecule has 0 amide bonds. The Morgan fingerprint density at radius 3 is 1.95 bits per heavy atom. The molecule has 2 saturated heterocycles. The molecule has 0 unspecified atom stereocenters. The van der Waals surface area contributed by atoms with E-state index in [-0.39, 0.29) is 5.25 Å². The average Bonchev–Trinajstić information content (AvgIpc) is 2.47. The molecule has 0 bridgehead atoms. The molecule has 0 spiro atoms. The molecule has 5 heteroatoms. The number of likely N-dealkylation sites (tertiary alicyclic amines) is 2. The van der Waals surface area contributed by atoms with Crippen LogP contribution in [0.3, 0.4) is 0 Å². The lowest BCUT2D eigenvalue weighted by atomic mass is 10.1. The third-order valence-corrected chi connectivity index (χ3v) is 6.92. The lowest BCUT2D eigenvalue weighted by molar-refractivity contribution is 0.166. The van der Waals surface area contributed by atoms with E-state index in [1.807, 2.05) is 0 Å². The van der Waals surface area contributed by atoms with E-state index in [1.165, 1.54) is 32.4 Å². The highest BCUT2D eigenvalue weighted by atomic mass is 32.2. The third-order valence-electron chi connectivity index (χ3n) is 4.63. The summed E-state index contributed by atoms with van der Waals surface area (Å²) in [6.07, 6.45) is 5.73. The van der Waals surface area contributed by atoms with Gasteiger partial charge >= 0.3 is 0 Å². The minimum absolute atomic E-state index is 0.0799. The zero-order valence-corrected chi connectivity index (χ0v) is 13.0. The van der Waals surface area contributed by atoms with Gasteiger partial charge in [0, 0.05) is 18.8 Å². The van der Waals surface area contributed by atoms with Crippen molar-refractivity contribution < 1.29 is 8.42 Å². The van der Waals surface area contributed by atoms with Crippen LogP contribution in [0.4, 0.5) is 0 Å². The Balaban J connectivity index is 1.68. The van der Waals surface area contributed by atoms with Crippen LogP contribution in [0.2, 0.25) is 0 Å². The second kappa shape index (κ2) is 7.04. The van der Waals surface area contributed by atoms with E-state index in [0.717, 1.165) is 39.0 Å². The molecule has 2 heterocycles. The molecule has 112 valence electrons. The fourth-order valence-corrected chi connectivity index (χ4v) is 4.59. The molecule has 2 rings (SSSR count). The minimum Gasteiger partial charge on any atom is -0.302 e. The second-order valence-corrected chi connectivity index (χ2v) is 8.46. The molecular formula is C14H28N2O2S. The van der Waals surface area contributed by atoms with Gasteiger partial charge in [-0.15, -0.1) is 0 Å². The molecule has 2 aliphatic rings. The molecular weight excluding hydrogens is 260 g/mol. The predicted molar refractivity (Wildman–Crippen MR) is 79.2 cm³/mol. The first-order chi connectivity index (χ1) is 9.12. The van der Waals surface area contributed by atoms with Crippen molar-refractivity contribution in [1.82, 2.24) is 9.80 Å². The molecule has 0 atom stereocenters. The fourth-order valence-electron chi connectivity index (χ4n) is 3.19. The van der Waals surface area contributed by atoms with E-state index >= 15 is 0 Å². The van der Waals surface area contributed by atoms with Gasteiger partial charge in [0.25, 0.3) is 0 Å². The summed E-state index contributed by atoms with van der Waals surface area (Å²) in [6.45, 7) is 8.44. The lowest BCUT2D eigenvalue weighted by Gasteiger charge is -2.34. The normalized spacial score (nSPS) is 24.7. The first-order valence-electron chi connectivity index (χ1n) is 7.78. The smallest absolute Gasteiger partial charge is 0.152 e. The van der Waals surface area contributed by atoms with Crippen molar-refractivity contribution in [3.05, 3.63) is 0 Å². The largest absolute Gasteiger partial charge is 0.302 e. The molecule has 0 aliphatic carbocycles. The van der Waals surface area contributed by atoms with Crippen LogP contribution in [0.25, 0.3) is 0 Å². The Morgan fingerprint density at radius 1 is 0.895 bits per heavy atom. The number of hydrogen-bond donors (Lipinski definition) is 0. The molecule has 0 radical (unpaired) electrons. The zero-order valence-electron chi connectivity index (χ0n) is 12.2. The molecule has 19 heavy (non-hydrogen) atoms. The van der Waals surface area contributed by atoms with Crippen molar-refractivity contribution in [2.24, 2.45) is 0 Å². The quantitative estimate of drug-likeness (QED) is 0.766. The number of sulfone groups is 1. The summed E-state index contributed by atoms with van der Waals surface area (Å²) in [6, 6.07) is 0. The van der Waals surface area contributed by atoms with Crippen LogP contribution in [0, 0.1) is 0 Å². The maximum Gasteiger partial charge on any atom is 0.152 e. The Labute approximate surface area is 118 Å². The standard InChI is InChI=1S/C14H28N2O2S/c1-2-19(17,18)14-6-10-16(11-7-14)13-12-15-8-4-3-5-9-15/h14H,2-13H2,1H3. The van der Waals surface area contributed by atoms with Crippen LogP contribution < -0.4 is 0 Å². The monoisotopic (exact) mass is 288 g/mol. The van der Waals surface area contributed by atoms with E-state index in [0.29, 0.717) is 5.75 Å². The average molecular weight is 288 g/mol. The van der Waals surface area contributed by atoms with Gasteiger partial charge in [-0.1, -0.05) is 13.3 Å². The summed E-state index contributed by atoms with van der Waals surface area (Å²) in [4.78, 5) is 4.99. The third kappa shape index (κ3) is 4.43. The van der Waals surface area contributed by atoms with Gasteiger partial charge in [-0.3, -0.25) is 0 Å². The first kappa shape index (κ1) is 15.3.